The van der Waals surface area contributed by atoms with Gasteiger partial charge in [-0.25, -0.2) is 9.78 Å². The van der Waals surface area contributed by atoms with Crippen molar-refractivity contribution in [2.75, 3.05) is 5.75 Å². The lowest BCUT2D eigenvalue weighted by molar-refractivity contribution is -0.141. The molecule has 1 aromatic rings. The third-order valence-corrected chi connectivity index (χ3v) is 5.14. The Morgan fingerprint density at radius 3 is 2.84 bits per heavy atom. The molecule has 1 aromatic heterocycles. The Hall–Kier alpha value is -1.12. The van der Waals surface area contributed by atoms with E-state index in [2.05, 4.69) is 4.98 Å². The Labute approximate surface area is 119 Å². The molecule has 1 fully saturated rings. The number of rotatable bonds is 3. The van der Waals surface area contributed by atoms with Gasteiger partial charge in [-0.2, -0.15) is 0 Å². The predicted octanol–water partition coefficient (Wildman–Crippen LogP) is 1.15. The van der Waals surface area contributed by atoms with E-state index in [1.54, 1.807) is 12.3 Å². The Morgan fingerprint density at radius 1 is 1.63 bits per heavy atom. The SMILES string of the molecule is CC(N)c1nc(C(=O)N2C(C)SCC2C(=O)O)cs1. The molecule has 104 valence electrons. The second kappa shape index (κ2) is 5.48. The van der Waals surface area contributed by atoms with Crippen LogP contribution in [0.1, 0.15) is 35.4 Å². The van der Waals surface area contributed by atoms with Crippen molar-refractivity contribution in [1.29, 1.82) is 0 Å². The molecule has 6 nitrogen and oxygen atoms in total. The van der Waals surface area contributed by atoms with E-state index >= 15 is 0 Å². The van der Waals surface area contributed by atoms with E-state index in [9.17, 15) is 9.59 Å². The molecule has 0 aliphatic carbocycles. The molecular formula is C11H15N3O3S2. The highest BCUT2D eigenvalue weighted by molar-refractivity contribution is 8.00. The van der Waals surface area contributed by atoms with Crippen LogP contribution in [0.5, 0.6) is 0 Å². The van der Waals surface area contributed by atoms with Gasteiger partial charge in [0.05, 0.1) is 11.4 Å². The van der Waals surface area contributed by atoms with Crippen LogP contribution in [-0.2, 0) is 4.79 Å². The fourth-order valence-corrected chi connectivity index (χ4v) is 3.79. The van der Waals surface area contributed by atoms with Crippen LogP contribution in [0.15, 0.2) is 5.38 Å². The number of hydrogen-bond acceptors (Lipinski definition) is 6. The lowest BCUT2D eigenvalue weighted by Crippen LogP contribution is -2.44. The van der Waals surface area contributed by atoms with Crippen LogP contribution < -0.4 is 5.73 Å². The fourth-order valence-electron chi connectivity index (χ4n) is 1.87. The normalized spacial score (nSPS) is 24.5. The Bertz CT molecular complexity index is 503. The summed E-state index contributed by atoms with van der Waals surface area (Å²) in [4.78, 5) is 29.1. The second-order valence-electron chi connectivity index (χ2n) is 4.36. The number of carbonyl (C=O) groups is 2. The molecule has 3 unspecified atom stereocenters. The summed E-state index contributed by atoms with van der Waals surface area (Å²) in [7, 11) is 0. The largest absolute Gasteiger partial charge is 0.480 e. The molecule has 2 heterocycles. The van der Waals surface area contributed by atoms with Crippen molar-refractivity contribution < 1.29 is 14.7 Å². The monoisotopic (exact) mass is 301 g/mol. The van der Waals surface area contributed by atoms with Gasteiger partial charge in [0.1, 0.15) is 16.7 Å². The zero-order valence-electron chi connectivity index (χ0n) is 10.6. The van der Waals surface area contributed by atoms with E-state index in [1.165, 1.54) is 28.0 Å². The van der Waals surface area contributed by atoms with Crippen LogP contribution in [0.4, 0.5) is 0 Å². The molecule has 0 spiro atoms. The zero-order chi connectivity index (χ0) is 14.2. The molecule has 1 saturated heterocycles. The van der Waals surface area contributed by atoms with Gasteiger partial charge in [0.2, 0.25) is 0 Å². The van der Waals surface area contributed by atoms with Gasteiger partial charge in [-0.15, -0.1) is 23.1 Å². The minimum atomic E-state index is -0.979. The van der Waals surface area contributed by atoms with E-state index in [-0.39, 0.29) is 23.0 Å². The molecular weight excluding hydrogens is 286 g/mol. The second-order valence-corrected chi connectivity index (χ2v) is 6.60. The number of amides is 1. The molecule has 0 radical (unpaired) electrons. The van der Waals surface area contributed by atoms with Crippen LogP contribution >= 0.6 is 23.1 Å². The van der Waals surface area contributed by atoms with Crippen LogP contribution in [0.2, 0.25) is 0 Å². The summed E-state index contributed by atoms with van der Waals surface area (Å²) in [6.07, 6.45) is 0. The fraction of sp³-hybridized carbons (Fsp3) is 0.545. The Kier molecular flexibility index (Phi) is 4.12. The van der Waals surface area contributed by atoms with Crippen molar-refractivity contribution >= 4 is 35.0 Å². The maximum absolute atomic E-state index is 12.4. The Balaban J connectivity index is 2.24. The van der Waals surface area contributed by atoms with Crippen LogP contribution in [0.25, 0.3) is 0 Å². The highest BCUT2D eigenvalue weighted by Gasteiger charge is 2.40. The molecule has 0 bridgehead atoms. The topological polar surface area (TPSA) is 96.5 Å². The molecule has 0 aromatic carbocycles. The molecule has 8 heteroatoms. The van der Waals surface area contributed by atoms with Crippen molar-refractivity contribution in [1.82, 2.24) is 9.88 Å². The number of hydrogen-bond donors (Lipinski definition) is 2. The maximum atomic E-state index is 12.4. The molecule has 1 aliphatic heterocycles. The molecule has 1 amide bonds. The molecule has 19 heavy (non-hydrogen) atoms. The number of aromatic nitrogens is 1. The smallest absolute Gasteiger partial charge is 0.327 e. The van der Waals surface area contributed by atoms with E-state index in [4.69, 9.17) is 10.8 Å². The number of thioether (sulfide) groups is 1. The minimum absolute atomic E-state index is 0.158. The first kappa shape index (κ1) is 14.3. The minimum Gasteiger partial charge on any atom is -0.480 e. The highest BCUT2D eigenvalue weighted by Crippen LogP contribution is 2.30. The molecule has 0 saturated carbocycles. The van der Waals surface area contributed by atoms with E-state index < -0.39 is 12.0 Å². The molecule has 3 atom stereocenters. The average Bonchev–Trinajstić information content (AvgIpc) is 2.94. The summed E-state index contributed by atoms with van der Waals surface area (Å²) in [5.41, 5.74) is 5.98. The number of nitrogens with zero attached hydrogens (tertiary/aromatic N) is 2. The summed E-state index contributed by atoms with van der Waals surface area (Å²) >= 11 is 2.77. The lowest BCUT2D eigenvalue weighted by Gasteiger charge is -2.23. The number of aliphatic carboxylic acids is 1. The van der Waals surface area contributed by atoms with Crippen LogP contribution in [0, 0.1) is 0 Å². The standard InChI is InChI=1S/C11H15N3O3S2/c1-5(12)9-13-7(3-19-9)10(15)14-6(2)18-4-8(14)11(16)17/h3,5-6,8H,4,12H2,1-2H3,(H,16,17). The van der Waals surface area contributed by atoms with Gasteiger partial charge in [0.15, 0.2) is 0 Å². The maximum Gasteiger partial charge on any atom is 0.327 e. The highest BCUT2D eigenvalue weighted by atomic mass is 32.2. The van der Waals surface area contributed by atoms with Gasteiger partial charge < -0.3 is 15.7 Å². The van der Waals surface area contributed by atoms with Gasteiger partial charge in [-0.3, -0.25) is 4.79 Å². The lowest BCUT2D eigenvalue weighted by atomic mass is 10.2. The number of carbonyl (C=O) groups excluding carboxylic acids is 1. The summed E-state index contributed by atoms with van der Waals surface area (Å²) in [5.74, 6) is -0.909. The summed E-state index contributed by atoms with van der Waals surface area (Å²) in [6, 6.07) is -1.01. The van der Waals surface area contributed by atoms with Crippen molar-refractivity contribution in [2.24, 2.45) is 5.73 Å². The summed E-state index contributed by atoms with van der Waals surface area (Å²) < 4.78 is 0. The number of carboxylic acid groups (broad SMARTS) is 1. The van der Waals surface area contributed by atoms with Gasteiger partial charge in [-0.1, -0.05) is 0 Å². The molecule has 1 aliphatic rings. The number of carboxylic acids is 1. The van der Waals surface area contributed by atoms with Crippen LogP contribution in [-0.4, -0.2) is 44.0 Å². The van der Waals surface area contributed by atoms with Gasteiger partial charge in [0, 0.05) is 11.1 Å². The summed E-state index contributed by atoms with van der Waals surface area (Å²) in [6.45, 7) is 3.62. The molecule has 2 rings (SSSR count). The first-order valence-electron chi connectivity index (χ1n) is 5.80. The van der Waals surface area contributed by atoms with Crippen molar-refractivity contribution in [3.8, 4) is 0 Å². The van der Waals surface area contributed by atoms with Crippen molar-refractivity contribution in [3.63, 3.8) is 0 Å². The van der Waals surface area contributed by atoms with Gasteiger partial charge in [-0.05, 0) is 13.8 Å². The Morgan fingerprint density at radius 2 is 2.32 bits per heavy atom. The third kappa shape index (κ3) is 2.75. The third-order valence-electron chi connectivity index (χ3n) is 2.87. The molecule has 3 N–H and O–H groups in total. The van der Waals surface area contributed by atoms with E-state index in [0.29, 0.717) is 10.8 Å². The predicted molar refractivity (Wildman–Crippen MR) is 74.2 cm³/mol. The van der Waals surface area contributed by atoms with Crippen molar-refractivity contribution in [2.45, 2.75) is 31.3 Å². The average molecular weight is 301 g/mol. The first-order chi connectivity index (χ1) is 8.91. The number of nitrogens with two attached hydrogens (primary N) is 1. The van der Waals surface area contributed by atoms with E-state index in [1.807, 2.05) is 6.92 Å². The van der Waals surface area contributed by atoms with Crippen LogP contribution in [0.3, 0.4) is 0 Å². The first-order valence-corrected chi connectivity index (χ1v) is 7.72. The number of thiazole rings is 1. The van der Waals surface area contributed by atoms with Crippen molar-refractivity contribution in [3.05, 3.63) is 16.1 Å². The zero-order valence-corrected chi connectivity index (χ0v) is 12.2. The van der Waals surface area contributed by atoms with E-state index in [0.717, 1.165) is 0 Å². The van der Waals surface area contributed by atoms with Gasteiger partial charge >= 0.3 is 5.97 Å². The summed E-state index contributed by atoms with van der Waals surface area (Å²) in [5, 5.41) is 11.3. The quantitative estimate of drug-likeness (QED) is 0.869. The van der Waals surface area contributed by atoms with Gasteiger partial charge in [0.25, 0.3) is 5.91 Å².